The molecule has 0 spiro atoms. The summed E-state index contributed by atoms with van der Waals surface area (Å²) >= 11 is 1.71. The largest absolute Gasteiger partial charge is 0.303 e. The Morgan fingerprint density at radius 3 is 2.69 bits per heavy atom. The van der Waals surface area contributed by atoms with Gasteiger partial charge in [-0.25, -0.2) is 0 Å². The molecule has 0 aliphatic rings. The number of rotatable bonds is 4. The highest BCUT2D eigenvalue weighted by Crippen LogP contribution is 2.24. The third kappa shape index (κ3) is 2.39. The van der Waals surface area contributed by atoms with E-state index in [0.29, 0.717) is 0 Å². The number of aryl methyl sites for hydroxylation is 1. The van der Waals surface area contributed by atoms with Crippen LogP contribution in [0.3, 0.4) is 0 Å². The minimum Gasteiger partial charge on any atom is -0.303 e. The molecule has 0 fully saturated rings. The highest BCUT2D eigenvalue weighted by atomic mass is 32.1. The lowest BCUT2D eigenvalue weighted by Crippen LogP contribution is -2.05. The van der Waals surface area contributed by atoms with Crippen LogP contribution in [0.5, 0.6) is 0 Å². The normalized spacial score (nSPS) is 12.3. The van der Waals surface area contributed by atoms with Crippen LogP contribution in [0.1, 0.15) is 21.9 Å². The molecule has 0 aliphatic carbocycles. The molecule has 1 unspecified atom stereocenters. The third-order valence-corrected chi connectivity index (χ3v) is 3.65. The van der Waals surface area contributed by atoms with Crippen LogP contribution >= 0.6 is 11.3 Å². The summed E-state index contributed by atoms with van der Waals surface area (Å²) in [4.78, 5) is 12.5. The molecule has 1 atom stereocenters. The monoisotopic (exact) mass is 230 g/mol. The summed E-state index contributed by atoms with van der Waals surface area (Å²) in [5, 5.41) is 2.05. The van der Waals surface area contributed by atoms with Crippen molar-refractivity contribution in [1.82, 2.24) is 0 Å². The van der Waals surface area contributed by atoms with Crippen molar-refractivity contribution >= 4 is 17.6 Å². The van der Waals surface area contributed by atoms with E-state index in [4.69, 9.17) is 0 Å². The van der Waals surface area contributed by atoms with E-state index in [0.717, 1.165) is 18.3 Å². The number of carbonyl (C=O) groups excluding carboxylic acids is 1. The molecule has 0 radical (unpaired) electrons. The molecule has 2 heteroatoms. The van der Waals surface area contributed by atoms with Gasteiger partial charge in [-0.1, -0.05) is 30.3 Å². The van der Waals surface area contributed by atoms with Crippen LogP contribution in [0.4, 0.5) is 0 Å². The maximum absolute atomic E-state index is 11.2. The molecule has 0 saturated heterocycles. The van der Waals surface area contributed by atoms with Crippen LogP contribution in [0.25, 0.3) is 0 Å². The van der Waals surface area contributed by atoms with Gasteiger partial charge in [0.1, 0.15) is 6.29 Å². The van der Waals surface area contributed by atoms with E-state index in [1.165, 1.54) is 10.4 Å². The van der Waals surface area contributed by atoms with Crippen LogP contribution in [0.15, 0.2) is 41.8 Å². The lowest BCUT2D eigenvalue weighted by molar-refractivity contribution is -0.109. The Hall–Kier alpha value is -1.41. The number of benzene rings is 1. The third-order valence-electron chi connectivity index (χ3n) is 2.75. The van der Waals surface area contributed by atoms with E-state index < -0.39 is 0 Å². The van der Waals surface area contributed by atoms with E-state index in [1.54, 1.807) is 11.3 Å². The molecule has 16 heavy (non-hydrogen) atoms. The van der Waals surface area contributed by atoms with Crippen LogP contribution in [0.2, 0.25) is 0 Å². The van der Waals surface area contributed by atoms with Gasteiger partial charge in [0.05, 0.1) is 0 Å². The predicted molar refractivity (Wildman–Crippen MR) is 68.0 cm³/mol. The van der Waals surface area contributed by atoms with Gasteiger partial charge in [-0.2, -0.15) is 0 Å². The zero-order valence-corrected chi connectivity index (χ0v) is 10.0. The van der Waals surface area contributed by atoms with Gasteiger partial charge >= 0.3 is 0 Å². The zero-order chi connectivity index (χ0) is 11.4. The van der Waals surface area contributed by atoms with Gasteiger partial charge in [0.25, 0.3) is 0 Å². The van der Waals surface area contributed by atoms with Crippen LogP contribution in [-0.2, 0) is 11.2 Å². The Morgan fingerprint density at radius 2 is 2.06 bits per heavy atom. The molecule has 0 amide bonds. The molecule has 0 bridgehead atoms. The molecule has 2 aromatic rings. The molecular weight excluding hydrogens is 216 g/mol. The van der Waals surface area contributed by atoms with Crippen molar-refractivity contribution in [2.24, 2.45) is 0 Å². The first-order valence-electron chi connectivity index (χ1n) is 5.34. The van der Waals surface area contributed by atoms with E-state index in [2.05, 4.69) is 24.4 Å². The van der Waals surface area contributed by atoms with Gasteiger partial charge in [0, 0.05) is 10.8 Å². The van der Waals surface area contributed by atoms with Gasteiger partial charge in [0.15, 0.2) is 0 Å². The highest BCUT2D eigenvalue weighted by molar-refractivity contribution is 7.09. The Labute approximate surface area is 99.8 Å². The van der Waals surface area contributed by atoms with Crippen molar-refractivity contribution in [1.29, 1.82) is 0 Å². The van der Waals surface area contributed by atoms with Gasteiger partial charge in [-0.3, -0.25) is 0 Å². The van der Waals surface area contributed by atoms with E-state index >= 15 is 0 Å². The number of hydrogen-bond donors (Lipinski definition) is 0. The quantitative estimate of drug-likeness (QED) is 0.734. The maximum Gasteiger partial charge on any atom is 0.127 e. The van der Waals surface area contributed by atoms with Gasteiger partial charge in [0.2, 0.25) is 0 Å². The van der Waals surface area contributed by atoms with Gasteiger partial charge < -0.3 is 4.79 Å². The van der Waals surface area contributed by atoms with Gasteiger partial charge in [-0.05, 0) is 35.9 Å². The molecule has 0 N–H and O–H groups in total. The fourth-order valence-electron chi connectivity index (χ4n) is 1.88. The van der Waals surface area contributed by atoms with E-state index in [1.807, 2.05) is 24.3 Å². The molecule has 82 valence electrons. The SMILES string of the molecule is Cc1ccccc1C(C=O)Cc1cccs1. The summed E-state index contributed by atoms with van der Waals surface area (Å²) in [5.41, 5.74) is 2.34. The Morgan fingerprint density at radius 1 is 1.25 bits per heavy atom. The van der Waals surface area contributed by atoms with Crippen molar-refractivity contribution in [2.45, 2.75) is 19.3 Å². The summed E-state index contributed by atoms with van der Waals surface area (Å²) in [6.45, 7) is 2.06. The molecule has 1 aromatic heterocycles. The summed E-state index contributed by atoms with van der Waals surface area (Å²) < 4.78 is 0. The molecular formula is C14H14OS. The van der Waals surface area contributed by atoms with Crippen molar-refractivity contribution in [3.63, 3.8) is 0 Å². The molecule has 0 aliphatic heterocycles. The second-order valence-corrected chi connectivity index (χ2v) is 4.91. The van der Waals surface area contributed by atoms with Gasteiger partial charge in [-0.15, -0.1) is 11.3 Å². The van der Waals surface area contributed by atoms with Crippen molar-refractivity contribution in [2.75, 3.05) is 0 Å². The molecule has 1 nitrogen and oxygen atoms in total. The smallest absolute Gasteiger partial charge is 0.127 e. The van der Waals surface area contributed by atoms with Crippen LogP contribution in [0, 0.1) is 6.92 Å². The predicted octanol–water partition coefficient (Wildman–Crippen LogP) is 3.58. The van der Waals surface area contributed by atoms with Crippen molar-refractivity contribution in [3.05, 3.63) is 57.8 Å². The number of thiophene rings is 1. The Bertz CT molecular complexity index is 459. The Kier molecular flexibility index (Phi) is 3.52. The first kappa shape index (κ1) is 11.1. The molecule has 2 rings (SSSR count). The summed E-state index contributed by atoms with van der Waals surface area (Å²) in [6.07, 6.45) is 1.87. The first-order chi connectivity index (χ1) is 7.81. The number of aldehydes is 1. The minimum absolute atomic E-state index is 0.0140. The standard InChI is InChI=1S/C14H14OS/c1-11-5-2-3-7-14(11)12(10-15)9-13-6-4-8-16-13/h2-8,10,12H,9H2,1H3. The topological polar surface area (TPSA) is 17.1 Å². The van der Waals surface area contributed by atoms with E-state index in [9.17, 15) is 4.79 Å². The second-order valence-electron chi connectivity index (χ2n) is 3.88. The summed E-state index contributed by atoms with van der Waals surface area (Å²) in [5.74, 6) is -0.0140. The molecule has 0 saturated carbocycles. The fraction of sp³-hybridized carbons (Fsp3) is 0.214. The average molecular weight is 230 g/mol. The number of hydrogen-bond acceptors (Lipinski definition) is 2. The van der Waals surface area contributed by atoms with Crippen LogP contribution < -0.4 is 0 Å². The number of carbonyl (C=O) groups is 1. The minimum atomic E-state index is -0.0140. The summed E-state index contributed by atoms with van der Waals surface area (Å²) in [6, 6.07) is 12.2. The second kappa shape index (κ2) is 5.08. The van der Waals surface area contributed by atoms with E-state index in [-0.39, 0.29) is 5.92 Å². The average Bonchev–Trinajstić information content (AvgIpc) is 2.80. The lowest BCUT2D eigenvalue weighted by atomic mass is 9.93. The fourth-order valence-corrected chi connectivity index (χ4v) is 2.64. The maximum atomic E-state index is 11.2. The van der Waals surface area contributed by atoms with Crippen molar-refractivity contribution < 1.29 is 4.79 Å². The van der Waals surface area contributed by atoms with Crippen LogP contribution in [-0.4, -0.2) is 6.29 Å². The summed E-state index contributed by atoms with van der Waals surface area (Å²) in [7, 11) is 0. The highest BCUT2D eigenvalue weighted by Gasteiger charge is 2.13. The lowest BCUT2D eigenvalue weighted by Gasteiger charge is -2.12. The first-order valence-corrected chi connectivity index (χ1v) is 6.22. The zero-order valence-electron chi connectivity index (χ0n) is 9.22. The molecule has 1 aromatic carbocycles. The van der Waals surface area contributed by atoms with Crippen molar-refractivity contribution in [3.8, 4) is 0 Å². The Balaban J connectivity index is 2.23. The molecule has 1 heterocycles.